The third kappa shape index (κ3) is 5.74. The Morgan fingerprint density at radius 3 is 2.32 bits per heavy atom. The molecule has 0 amide bonds. The number of hydrogen-bond acceptors (Lipinski definition) is 3. The highest BCUT2D eigenvalue weighted by molar-refractivity contribution is 5.95. The molecule has 0 radical (unpaired) electrons. The van der Waals surface area contributed by atoms with Crippen LogP contribution in [0.4, 0.5) is 0 Å². The third-order valence-corrected chi connectivity index (χ3v) is 5.80. The molecule has 1 atom stereocenters. The first-order chi connectivity index (χ1) is 16.1. The molecular formula is C28H29ClN2O3. The van der Waals surface area contributed by atoms with E-state index in [0.29, 0.717) is 23.4 Å². The number of unbranched alkanes of at least 4 members (excludes halogenated alkanes) is 1. The van der Waals surface area contributed by atoms with Gasteiger partial charge in [0.2, 0.25) is 0 Å². The van der Waals surface area contributed by atoms with Crippen LogP contribution < -0.4 is 0 Å². The van der Waals surface area contributed by atoms with Gasteiger partial charge in [0.05, 0.1) is 11.3 Å². The van der Waals surface area contributed by atoms with Crippen molar-refractivity contribution in [2.45, 2.75) is 38.8 Å². The summed E-state index contributed by atoms with van der Waals surface area (Å²) in [5, 5.41) is 20.3. The Morgan fingerprint density at radius 1 is 0.971 bits per heavy atom. The second kappa shape index (κ2) is 11.6. The Morgan fingerprint density at radius 2 is 1.65 bits per heavy atom. The van der Waals surface area contributed by atoms with Crippen molar-refractivity contribution in [3.05, 3.63) is 113 Å². The third-order valence-electron chi connectivity index (χ3n) is 5.80. The van der Waals surface area contributed by atoms with E-state index in [2.05, 4.69) is 11.5 Å². The molecule has 0 spiro atoms. The van der Waals surface area contributed by atoms with Gasteiger partial charge in [0.25, 0.3) is 0 Å². The Balaban J connectivity index is 0.00000324. The zero-order valence-corrected chi connectivity index (χ0v) is 19.9. The number of aliphatic hydroxyl groups excluding tert-OH is 1. The number of aromatic nitrogens is 2. The fraction of sp³-hybridized carbons (Fsp3) is 0.214. The maximum Gasteiger partial charge on any atom is 0.336 e. The fourth-order valence-corrected chi connectivity index (χ4v) is 3.99. The number of benzene rings is 3. The second-order valence-electron chi connectivity index (χ2n) is 8.17. The topological polar surface area (TPSA) is 75.4 Å². The summed E-state index contributed by atoms with van der Waals surface area (Å²) in [4.78, 5) is 16.3. The van der Waals surface area contributed by atoms with Crippen molar-refractivity contribution in [1.29, 1.82) is 0 Å². The number of carboxylic acids is 1. The predicted octanol–water partition coefficient (Wildman–Crippen LogP) is 6.14. The highest BCUT2D eigenvalue weighted by Gasteiger charge is 2.17. The van der Waals surface area contributed by atoms with Crippen LogP contribution in [0.25, 0.3) is 11.1 Å². The molecule has 6 heteroatoms. The maximum absolute atomic E-state index is 11.6. The van der Waals surface area contributed by atoms with E-state index in [-0.39, 0.29) is 12.4 Å². The normalized spacial score (nSPS) is 11.6. The van der Waals surface area contributed by atoms with Gasteiger partial charge in [0, 0.05) is 19.2 Å². The number of hydrogen-bond donors (Lipinski definition) is 2. The van der Waals surface area contributed by atoms with Gasteiger partial charge >= 0.3 is 5.97 Å². The van der Waals surface area contributed by atoms with Crippen LogP contribution in [0, 0.1) is 0 Å². The molecule has 0 aliphatic heterocycles. The molecule has 0 aliphatic carbocycles. The molecule has 5 nitrogen and oxygen atoms in total. The maximum atomic E-state index is 11.6. The van der Waals surface area contributed by atoms with Gasteiger partial charge in [-0.2, -0.15) is 0 Å². The number of nitrogens with zero attached hydrogens (tertiary/aromatic N) is 2. The summed E-state index contributed by atoms with van der Waals surface area (Å²) in [7, 11) is 0. The van der Waals surface area contributed by atoms with E-state index in [1.54, 1.807) is 12.1 Å². The molecule has 3 aromatic carbocycles. The van der Waals surface area contributed by atoms with Crippen LogP contribution >= 0.6 is 12.4 Å². The van der Waals surface area contributed by atoms with Crippen molar-refractivity contribution in [2.75, 3.05) is 0 Å². The molecule has 4 rings (SSSR count). The van der Waals surface area contributed by atoms with E-state index < -0.39 is 12.1 Å². The highest BCUT2D eigenvalue weighted by atomic mass is 35.5. The molecular weight excluding hydrogens is 448 g/mol. The Labute approximate surface area is 206 Å². The minimum Gasteiger partial charge on any atom is -0.478 e. The molecule has 1 unspecified atom stereocenters. The second-order valence-corrected chi connectivity index (χ2v) is 8.17. The van der Waals surface area contributed by atoms with Crippen molar-refractivity contribution >= 4 is 18.4 Å². The zero-order chi connectivity index (χ0) is 23.2. The van der Waals surface area contributed by atoms with Gasteiger partial charge in [0.15, 0.2) is 0 Å². The Kier molecular flexibility index (Phi) is 8.63. The molecule has 1 heterocycles. The minimum atomic E-state index is -0.932. The SMILES string of the molecule is CCCCc1nc(C(O)c2ccccc2)cn1Cc1ccc(-c2ccccc2C(=O)O)cc1.Cl. The van der Waals surface area contributed by atoms with Crippen LogP contribution in [0.1, 0.15) is 58.9 Å². The van der Waals surface area contributed by atoms with E-state index in [4.69, 9.17) is 4.98 Å². The predicted molar refractivity (Wildman–Crippen MR) is 137 cm³/mol. The lowest BCUT2D eigenvalue weighted by Crippen LogP contribution is -2.04. The van der Waals surface area contributed by atoms with Gasteiger partial charge in [-0.15, -0.1) is 12.4 Å². The summed E-state index contributed by atoms with van der Waals surface area (Å²) in [6, 6.07) is 24.6. The van der Waals surface area contributed by atoms with Crippen LogP contribution in [-0.2, 0) is 13.0 Å². The van der Waals surface area contributed by atoms with Crippen molar-refractivity contribution in [1.82, 2.24) is 9.55 Å². The van der Waals surface area contributed by atoms with Crippen LogP contribution in [0.3, 0.4) is 0 Å². The van der Waals surface area contributed by atoms with E-state index in [1.807, 2.05) is 72.9 Å². The molecule has 176 valence electrons. The first-order valence-corrected chi connectivity index (χ1v) is 11.3. The zero-order valence-electron chi connectivity index (χ0n) is 19.1. The summed E-state index contributed by atoms with van der Waals surface area (Å²) in [5.74, 6) is 0.0280. The van der Waals surface area contributed by atoms with Crippen molar-refractivity contribution in [2.24, 2.45) is 0 Å². The monoisotopic (exact) mass is 476 g/mol. The van der Waals surface area contributed by atoms with E-state index in [0.717, 1.165) is 41.8 Å². The Bertz CT molecular complexity index is 1220. The molecule has 0 saturated heterocycles. The van der Waals surface area contributed by atoms with Crippen molar-refractivity contribution < 1.29 is 15.0 Å². The van der Waals surface area contributed by atoms with Gasteiger partial charge in [-0.25, -0.2) is 9.78 Å². The lowest BCUT2D eigenvalue weighted by molar-refractivity contribution is 0.0697. The number of carboxylic acid groups (broad SMARTS) is 1. The van der Waals surface area contributed by atoms with Crippen LogP contribution in [0.15, 0.2) is 85.1 Å². The molecule has 2 N–H and O–H groups in total. The number of carbonyl (C=O) groups is 1. The number of aromatic carboxylic acids is 1. The van der Waals surface area contributed by atoms with Crippen LogP contribution in [0.2, 0.25) is 0 Å². The summed E-state index contributed by atoms with van der Waals surface area (Å²) in [6.07, 6.45) is 4.13. The van der Waals surface area contributed by atoms with Crippen molar-refractivity contribution in [3.8, 4) is 11.1 Å². The summed E-state index contributed by atoms with van der Waals surface area (Å²) in [5.41, 5.74) is 4.43. The number of imidazole rings is 1. The minimum absolute atomic E-state index is 0. The molecule has 1 aromatic heterocycles. The summed E-state index contributed by atoms with van der Waals surface area (Å²) in [6.45, 7) is 2.79. The smallest absolute Gasteiger partial charge is 0.336 e. The highest BCUT2D eigenvalue weighted by Crippen LogP contribution is 2.26. The number of halogens is 1. The first kappa shape index (κ1) is 25.2. The summed E-state index contributed by atoms with van der Waals surface area (Å²) >= 11 is 0. The van der Waals surface area contributed by atoms with Gasteiger partial charge in [-0.1, -0.05) is 86.1 Å². The lowest BCUT2D eigenvalue weighted by Gasteiger charge is -2.10. The summed E-state index contributed by atoms with van der Waals surface area (Å²) < 4.78 is 2.11. The van der Waals surface area contributed by atoms with Crippen molar-refractivity contribution in [3.63, 3.8) is 0 Å². The molecule has 4 aromatic rings. The van der Waals surface area contributed by atoms with E-state index >= 15 is 0 Å². The molecule has 0 saturated carbocycles. The fourth-order valence-electron chi connectivity index (χ4n) is 3.99. The lowest BCUT2D eigenvalue weighted by atomic mass is 9.99. The van der Waals surface area contributed by atoms with Gasteiger partial charge in [-0.3, -0.25) is 0 Å². The van der Waals surface area contributed by atoms with Crippen LogP contribution in [0.5, 0.6) is 0 Å². The average molecular weight is 477 g/mol. The molecule has 34 heavy (non-hydrogen) atoms. The van der Waals surface area contributed by atoms with Gasteiger partial charge in [-0.05, 0) is 34.7 Å². The Hall–Kier alpha value is -3.41. The first-order valence-electron chi connectivity index (χ1n) is 11.3. The average Bonchev–Trinajstić information content (AvgIpc) is 3.25. The molecule has 0 aliphatic rings. The van der Waals surface area contributed by atoms with E-state index in [9.17, 15) is 15.0 Å². The number of rotatable bonds is 9. The van der Waals surface area contributed by atoms with E-state index in [1.165, 1.54) is 0 Å². The van der Waals surface area contributed by atoms with Gasteiger partial charge < -0.3 is 14.8 Å². The van der Waals surface area contributed by atoms with Crippen LogP contribution in [-0.4, -0.2) is 25.7 Å². The largest absolute Gasteiger partial charge is 0.478 e. The molecule has 0 fully saturated rings. The standard InChI is InChI=1S/C28H28N2O3.ClH/c1-2-3-13-26-29-25(27(31)22-9-5-4-6-10-22)19-30(26)18-20-14-16-21(17-15-20)23-11-7-8-12-24(23)28(32)33;/h4-12,14-17,19,27,31H,2-3,13,18H2,1H3,(H,32,33);1H. The van der Waals surface area contributed by atoms with Gasteiger partial charge in [0.1, 0.15) is 11.9 Å². The number of aryl methyl sites for hydroxylation is 1. The number of aliphatic hydroxyl groups is 1. The quantitative estimate of drug-likeness (QED) is 0.304. The molecule has 0 bridgehead atoms.